The fourth-order valence-electron chi connectivity index (χ4n) is 2.17. The third-order valence-electron chi connectivity index (χ3n) is 3.42. The predicted molar refractivity (Wildman–Crippen MR) is 77.6 cm³/mol. The summed E-state index contributed by atoms with van der Waals surface area (Å²) in [6.45, 7) is 5.57. The summed E-state index contributed by atoms with van der Waals surface area (Å²) >= 11 is 0. The van der Waals surface area contributed by atoms with Crippen LogP contribution in [0.5, 0.6) is 0 Å². The van der Waals surface area contributed by atoms with Gasteiger partial charge in [-0.1, -0.05) is 13.0 Å². The fourth-order valence-corrected chi connectivity index (χ4v) is 2.17. The maximum atomic E-state index is 11.4. The number of nitrogens with one attached hydrogen (secondary N) is 2. The second kappa shape index (κ2) is 6.57. The highest BCUT2D eigenvalue weighted by atomic mass is 16.5. The van der Waals surface area contributed by atoms with Gasteiger partial charge in [-0.25, -0.2) is 0 Å². The summed E-state index contributed by atoms with van der Waals surface area (Å²) in [5.74, 6) is 0.0425. The van der Waals surface area contributed by atoms with Crippen molar-refractivity contribution >= 4 is 17.3 Å². The van der Waals surface area contributed by atoms with E-state index >= 15 is 0 Å². The van der Waals surface area contributed by atoms with Gasteiger partial charge >= 0.3 is 0 Å². The zero-order valence-corrected chi connectivity index (χ0v) is 11.7. The molecule has 2 N–H and O–H groups in total. The van der Waals surface area contributed by atoms with Gasteiger partial charge in [0.1, 0.15) is 0 Å². The standard InChI is InChI=1S/C15H22N2O2/c1-3-15(18)17-13-5-4-11(2)14(10-13)16-12-6-8-19-9-7-12/h4-5,10,12,16H,3,6-9H2,1-2H3,(H,17,18). The SMILES string of the molecule is CCC(=O)Nc1ccc(C)c(NC2CCOCC2)c1. The van der Waals surface area contributed by atoms with Crippen molar-refractivity contribution < 1.29 is 9.53 Å². The Morgan fingerprint density at radius 3 is 2.79 bits per heavy atom. The van der Waals surface area contributed by atoms with Gasteiger partial charge in [0.15, 0.2) is 0 Å². The molecule has 1 fully saturated rings. The summed E-state index contributed by atoms with van der Waals surface area (Å²) in [6.07, 6.45) is 2.56. The molecule has 0 unspecified atom stereocenters. The van der Waals surface area contributed by atoms with Crippen LogP contribution in [-0.4, -0.2) is 25.2 Å². The van der Waals surface area contributed by atoms with Gasteiger partial charge in [0, 0.05) is 37.1 Å². The molecule has 1 amide bonds. The predicted octanol–water partition coefficient (Wildman–Crippen LogP) is 2.93. The number of amides is 1. The Hall–Kier alpha value is -1.55. The second-order valence-electron chi connectivity index (χ2n) is 4.96. The van der Waals surface area contributed by atoms with E-state index in [1.807, 2.05) is 25.1 Å². The number of carbonyl (C=O) groups is 1. The lowest BCUT2D eigenvalue weighted by Crippen LogP contribution is -2.28. The summed E-state index contributed by atoms with van der Waals surface area (Å²) in [7, 11) is 0. The van der Waals surface area contributed by atoms with Gasteiger partial charge in [-0.15, -0.1) is 0 Å². The van der Waals surface area contributed by atoms with Crippen molar-refractivity contribution in [3.8, 4) is 0 Å². The normalized spacial score (nSPS) is 16.1. The van der Waals surface area contributed by atoms with E-state index in [2.05, 4.69) is 17.6 Å². The molecule has 0 aliphatic carbocycles. The van der Waals surface area contributed by atoms with Gasteiger partial charge in [-0.05, 0) is 37.5 Å². The molecule has 1 aromatic rings. The van der Waals surface area contributed by atoms with Gasteiger partial charge in [0.2, 0.25) is 5.91 Å². The van der Waals surface area contributed by atoms with E-state index < -0.39 is 0 Å². The van der Waals surface area contributed by atoms with Crippen molar-refractivity contribution in [2.75, 3.05) is 23.8 Å². The zero-order chi connectivity index (χ0) is 13.7. The minimum atomic E-state index is 0.0425. The monoisotopic (exact) mass is 262 g/mol. The molecule has 1 saturated heterocycles. The summed E-state index contributed by atoms with van der Waals surface area (Å²) in [5.41, 5.74) is 3.15. The minimum absolute atomic E-state index is 0.0425. The lowest BCUT2D eigenvalue weighted by atomic mass is 10.1. The molecule has 1 heterocycles. The first kappa shape index (κ1) is 13.9. The van der Waals surface area contributed by atoms with Crippen LogP contribution < -0.4 is 10.6 Å². The molecular formula is C15H22N2O2. The van der Waals surface area contributed by atoms with Crippen LogP contribution in [0.4, 0.5) is 11.4 Å². The molecule has 0 aromatic heterocycles. The number of aryl methyl sites for hydroxylation is 1. The van der Waals surface area contributed by atoms with Gasteiger partial charge in [0.05, 0.1) is 0 Å². The highest BCUT2D eigenvalue weighted by molar-refractivity contribution is 5.91. The Morgan fingerprint density at radius 2 is 2.11 bits per heavy atom. The van der Waals surface area contributed by atoms with Crippen molar-refractivity contribution in [1.29, 1.82) is 0 Å². The maximum absolute atomic E-state index is 11.4. The van der Waals surface area contributed by atoms with Crippen LogP contribution in [0.2, 0.25) is 0 Å². The average Bonchev–Trinajstić information content (AvgIpc) is 2.43. The summed E-state index contributed by atoms with van der Waals surface area (Å²) in [6, 6.07) is 6.45. The van der Waals surface area contributed by atoms with Crippen LogP contribution >= 0.6 is 0 Å². The quantitative estimate of drug-likeness (QED) is 0.877. The molecule has 104 valence electrons. The Bertz CT molecular complexity index is 440. The van der Waals surface area contributed by atoms with E-state index in [-0.39, 0.29) is 5.91 Å². The smallest absolute Gasteiger partial charge is 0.224 e. The lowest BCUT2D eigenvalue weighted by Gasteiger charge is -2.25. The molecule has 1 aromatic carbocycles. The van der Waals surface area contributed by atoms with E-state index in [1.165, 1.54) is 5.56 Å². The van der Waals surface area contributed by atoms with Gasteiger partial charge in [-0.3, -0.25) is 4.79 Å². The van der Waals surface area contributed by atoms with Crippen molar-refractivity contribution in [3.63, 3.8) is 0 Å². The van der Waals surface area contributed by atoms with Crippen LogP contribution in [0.3, 0.4) is 0 Å². The highest BCUT2D eigenvalue weighted by Crippen LogP contribution is 2.23. The Labute approximate surface area is 114 Å². The maximum Gasteiger partial charge on any atom is 0.224 e. The van der Waals surface area contributed by atoms with Crippen molar-refractivity contribution in [3.05, 3.63) is 23.8 Å². The number of hydrogen-bond acceptors (Lipinski definition) is 3. The van der Waals surface area contributed by atoms with Crippen molar-refractivity contribution in [2.24, 2.45) is 0 Å². The van der Waals surface area contributed by atoms with Crippen molar-refractivity contribution in [2.45, 2.75) is 39.2 Å². The van der Waals surface area contributed by atoms with E-state index in [0.29, 0.717) is 12.5 Å². The molecule has 0 atom stereocenters. The van der Waals surface area contributed by atoms with E-state index in [0.717, 1.165) is 37.4 Å². The molecule has 0 bridgehead atoms. The van der Waals surface area contributed by atoms with Crippen LogP contribution in [-0.2, 0) is 9.53 Å². The molecule has 1 aliphatic heterocycles. The summed E-state index contributed by atoms with van der Waals surface area (Å²) in [4.78, 5) is 11.4. The summed E-state index contributed by atoms with van der Waals surface area (Å²) in [5, 5.41) is 6.44. The molecule has 2 rings (SSSR count). The van der Waals surface area contributed by atoms with Gasteiger partial charge in [-0.2, -0.15) is 0 Å². The van der Waals surface area contributed by atoms with Crippen LogP contribution in [0.1, 0.15) is 31.7 Å². The third-order valence-corrected chi connectivity index (χ3v) is 3.42. The molecule has 4 nitrogen and oxygen atoms in total. The number of benzene rings is 1. The molecular weight excluding hydrogens is 240 g/mol. The van der Waals surface area contributed by atoms with Crippen LogP contribution in [0.25, 0.3) is 0 Å². The number of ether oxygens (including phenoxy) is 1. The molecule has 4 heteroatoms. The number of rotatable bonds is 4. The van der Waals surface area contributed by atoms with Gasteiger partial charge in [0.25, 0.3) is 0 Å². The Kier molecular flexibility index (Phi) is 4.80. The third kappa shape index (κ3) is 3.96. The Balaban J connectivity index is 2.05. The molecule has 0 saturated carbocycles. The first-order chi connectivity index (χ1) is 9.19. The van der Waals surface area contributed by atoms with E-state index in [9.17, 15) is 4.79 Å². The molecule has 1 aliphatic rings. The number of hydrogen-bond donors (Lipinski definition) is 2. The van der Waals surface area contributed by atoms with Crippen LogP contribution in [0.15, 0.2) is 18.2 Å². The first-order valence-electron chi connectivity index (χ1n) is 6.94. The number of anilines is 2. The fraction of sp³-hybridized carbons (Fsp3) is 0.533. The van der Waals surface area contributed by atoms with E-state index in [1.54, 1.807) is 0 Å². The summed E-state index contributed by atoms with van der Waals surface area (Å²) < 4.78 is 5.36. The van der Waals surface area contributed by atoms with Crippen LogP contribution in [0, 0.1) is 6.92 Å². The molecule has 0 radical (unpaired) electrons. The largest absolute Gasteiger partial charge is 0.382 e. The zero-order valence-electron chi connectivity index (χ0n) is 11.7. The van der Waals surface area contributed by atoms with Gasteiger partial charge < -0.3 is 15.4 Å². The first-order valence-corrected chi connectivity index (χ1v) is 6.94. The molecule has 19 heavy (non-hydrogen) atoms. The average molecular weight is 262 g/mol. The highest BCUT2D eigenvalue weighted by Gasteiger charge is 2.14. The second-order valence-corrected chi connectivity index (χ2v) is 4.96. The minimum Gasteiger partial charge on any atom is -0.382 e. The van der Waals surface area contributed by atoms with Crippen molar-refractivity contribution in [1.82, 2.24) is 0 Å². The lowest BCUT2D eigenvalue weighted by molar-refractivity contribution is -0.115. The van der Waals surface area contributed by atoms with E-state index in [4.69, 9.17) is 4.74 Å². The topological polar surface area (TPSA) is 50.4 Å². The number of carbonyl (C=O) groups excluding carboxylic acids is 1. The Morgan fingerprint density at radius 1 is 1.37 bits per heavy atom. The molecule has 0 spiro atoms.